The number of aliphatic carboxylic acids is 1. The van der Waals surface area contributed by atoms with Crippen molar-refractivity contribution in [3.05, 3.63) is 0 Å². The van der Waals surface area contributed by atoms with E-state index in [1.54, 1.807) is 41.5 Å². The first-order valence-electron chi connectivity index (χ1n) is 16.8. The number of nitrogens with one attached hydrogen (secondary N) is 2. The van der Waals surface area contributed by atoms with E-state index < -0.39 is 64.3 Å². The van der Waals surface area contributed by atoms with Crippen LogP contribution in [0.1, 0.15) is 123 Å². The first-order valence-corrected chi connectivity index (χ1v) is 16.7. The van der Waals surface area contributed by atoms with Gasteiger partial charge in [-0.25, -0.2) is 22.7 Å². The molecule has 0 spiro atoms. The topological polar surface area (TPSA) is 175 Å². The number of amides is 2. The highest BCUT2D eigenvalue weighted by atomic mass is 32.2. The van der Waals surface area contributed by atoms with E-state index in [2.05, 4.69) is 5.32 Å². The maximum Gasteiger partial charge on any atom is 0.410 e. The number of piperidine rings is 3. The molecule has 0 aromatic carbocycles. The highest BCUT2D eigenvalue weighted by molar-refractivity contribution is 7.88. The summed E-state index contributed by atoms with van der Waals surface area (Å²) < 4.78 is 64.1. The van der Waals surface area contributed by atoms with Crippen molar-refractivity contribution >= 4 is 28.2 Å². The summed E-state index contributed by atoms with van der Waals surface area (Å²) >= 11 is 0. The second-order valence-corrected chi connectivity index (χ2v) is 14.8. The van der Waals surface area contributed by atoms with Crippen LogP contribution in [-0.4, -0.2) is 116 Å². The zero-order chi connectivity index (χ0) is 36.4. The van der Waals surface area contributed by atoms with Gasteiger partial charge in [-0.3, -0.25) is 4.79 Å². The Balaban J connectivity index is -0.000000203. The van der Waals surface area contributed by atoms with E-state index in [0.29, 0.717) is 45.3 Å². The number of carboxylic acids is 1. The monoisotopic (exact) mass is 721 g/mol. The second kappa shape index (κ2) is 25.8. The number of carbonyl (C=O) groups excluding carboxylic acids is 2. The number of hydrogen-bond donors (Lipinski definition) is 4. The molecule has 3 aliphatic heterocycles. The fourth-order valence-corrected chi connectivity index (χ4v) is 4.79. The fourth-order valence-electron chi connectivity index (χ4n) is 4.41. The van der Waals surface area contributed by atoms with E-state index >= 15 is 0 Å². The van der Waals surface area contributed by atoms with Gasteiger partial charge in [-0.05, 0) is 105 Å². The molecule has 4 N–H and O–H groups in total. The zero-order valence-electron chi connectivity index (χ0n) is 30.8. The predicted molar refractivity (Wildman–Crippen MR) is 198 cm³/mol. The summed E-state index contributed by atoms with van der Waals surface area (Å²) in [5.41, 5.74) is -1.09. The van der Waals surface area contributed by atoms with Crippen LogP contribution in [0.25, 0.3) is 0 Å². The highest BCUT2D eigenvalue weighted by Crippen LogP contribution is 2.20. The lowest BCUT2D eigenvalue weighted by atomic mass is 9.99. The van der Waals surface area contributed by atoms with E-state index in [1.807, 2.05) is 4.72 Å². The van der Waals surface area contributed by atoms with Gasteiger partial charge in [-0.15, -0.1) is 0 Å². The van der Waals surface area contributed by atoms with Crippen LogP contribution in [0, 0.1) is 17.8 Å². The number of rotatable bonds is 5. The minimum atomic E-state index is -3.48. The Labute approximate surface area is 300 Å². The molecule has 14 heteroatoms. The summed E-state index contributed by atoms with van der Waals surface area (Å²) in [6, 6.07) is 0. The Morgan fingerprint density at radius 2 is 1.29 bits per heavy atom. The first kappa shape index (κ1) is 45.8. The molecule has 0 aromatic rings. The Morgan fingerprint density at radius 3 is 1.69 bits per heavy atom. The lowest BCUT2D eigenvalue weighted by Gasteiger charge is -2.33. The van der Waals surface area contributed by atoms with Crippen LogP contribution in [-0.2, 0) is 24.3 Å². The van der Waals surface area contributed by atoms with Crippen molar-refractivity contribution in [2.45, 2.75) is 128 Å². The first-order chi connectivity index (χ1) is 21.2. The highest BCUT2D eigenvalue weighted by Gasteiger charge is 2.31. The van der Waals surface area contributed by atoms with E-state index in [9.17, 15) is 27.9 Å². The molecular weight excluding hydrogens is 640 g/mol. The average molecular weight is 721 g/mol. The molecule has 0 radical (unpaired) electrons. The van der Waals surface area contributed by atoms with Crippen LogP contribution in [0.4, 0.5) is 9.59 Å². The van der Waals surface area contributed by atoms with Crippen molar-refractivity contribution in [1.29, 1.82) is 0 Å². The molecule has 2 amide bonds. The summed E-state index contributed by atoms with van der Waals surface area (Å²) in [5.74, 6) is -2.12. The molecule has 292 valence electrons. The molecule has 0 bridgehead atoms. The zero-order valence-corrected chi connectivity index (χ0v) is 27.6. The molecule has 3 atom stereocenters. The predicted octanol–water partition coefficient (Wildman–Crippen LogP) is 6.06. The summed E-state index contributed by atoms with van der Waals surface area (Å²) in [6.45, 7) is 9.68. The number of sulfonamides is 1. The molecule has 0 aliphatic carbocycles. The van der Waals surface area contributed by atoms with E-state index in [1.165, 1.54) is 9.80 Å². The van der Waals surface area contributed by atoms with Crippen LogP contribution in [0.2, 0.25) is 0 Å². The number of hydrogen-bond acceptors (Lipinski definition) is 9. The third kappa shape index (κ3) is 25.8. The summed E-state index contributed by atoms with van der Waals surface area (Å²) in [4.78, 5) is 37.3. The molecule has 48 heavy (non-hydrogen) atoms. The Morgan fingerprint density at radius 1 is 0.833 bits per heavy atom. The second-order valence-electron chi connectivity index (χ2n) is 13.1. The van der Waals surface area contributed by atoms with Gasteiger partial charge in [-0.1, -0.05) is 37.1 Å². The van der Waals surface area contributed by atoms with Crippen LogP contribution >= 0.6 is 0 Å². The smallest absolute Gasteiger partial charge is 0.410 e. The number of aliphatic hydroxyl groups is 1. The van der Waals surface area contributed by atoms with Crippen molar-refractivity contribution < 1.29 is 48.0 Å². The summed E-state index contributed by atoms with van der Waals surface area (Å²) in [6.07, 6.45) is 4.33. The minimum Gasteiger partial charge on any atom is -0.481 e. The normalized spacial score (nSPS) is 22.5. The lowest BCUT2D eigenvalue weighted by molar-refractivity contribution is -0.143. The molecule has 3 aliphatic rings. The van der Waals surface area contributed by atoms with Crippen molar-refractivity contribution in [2.75, 3.05) is 58.6 Å². The van der Waals surface area contributed by atoms with Crippen molar-refractivity contribution in [3.63, 3.8) is 0 Å². The Kier molecular flexibility index (Phi) is 24.6. The largest absolute Gasteiger partial charge is 0.481 e. The van der Waals surface area contributed by atoms with Crippen molar-refractivity contribution in [3.8, 4) is 0 Å². The van der Waals surface area contributed by atoms with Gasteiger partial charge in [0.25, 0.3) is 0 Å². The third-order valence-electron chi connectivity index (χ3n) is 6.42. The SMILES string of the molecule is C.C.C.C.C.CC(C)(C)OC(=O)N1CCC[C@H](C(=O)O)C1.[2H]C([2H])(NS(C)(=O)=O)[C@H]1CCCNC1.[2H]C([2H])(O)[C@H]1CCCN(C(=O)OC(C)(C)C)C1. The fraction of sp³-hybridized carbons (Fsp3) is 0.912. The molecule has 0 saturated carbocycles. The average Bonchev–Trinajstić information content (AvgIpc) is 2.91. The van der Waals surface area contributed by atoms with Crippen molar-refractivity contribution in [1.82, 2.24) is 19.8 Å². The lowest BCUT2D eigenvalue weighted by Crippen LogP contribution is -2.44. The number of carboxylic acid groups (broad SMARTS) is 1. The van der Waals surface area contributed by atoms with Gasteiger partial charge in [0.15, 0.2) is 0 Å². The molecule has 13 nitrogen and oxygen atoms in total. The number of ether oxygens (including phenoxy) is 2. The molecule has 3 heterocycles. The third-order valence-corrected chi connectivity index (χ3v) is 6.91. The van der Waals surface area contributed by atoms with Gasteiger partial charge < -0.3 is 34.8 Å². The van der Waals surface area contributed by atoms with E-state index in [-0.39, 0.29) is 56.1 Å². The number of carbonyl (C=O) groups is 3. The van der Waals surface area contributed by atoms with Gasteiger partial charge in [0, 0.05) is 42.0 Å². The van der Waals surface area contributed by atoms with Crippen LogP contribution in [0.15, 0.2) is 0 Å². The number of likely N-dealkylation sites (tertiary alicyclic amines) is 2. The minimum absolute atomic E-state index is 0. The van der Waals surface area contributed by atoms with Gasteiger partial charge in [0.2, 0.25) is 10.0 Å². The van der Waals surface area contributed by atoms with Crippen LogP contribution in [0.3, 0.4) is 0 Å². The van der Waals surface area contributed by atoms with E-state index in [0.717, 1.165) is 25.6 Å². The molecule has 0 unspecified atom stereocenters. The van der Waals surface area contributed by atoms with Gasteiger partial charge in [0.05, 0.1) is 14.9 Å². The van der Waals surface area contributed by atoms with Gasteiger partial charge in [-0.2, -0.15) is 0 Å². The van der Waals surface area contributed by atoms with Crippen LogP contribution in [0.5, 0.6) is 0 Å². The molecular formula is C34H76N4O9S. The maximum absolute atomic E-state index is 11.8. The summed E-state index contributed by atoms with van der Waals surface area (Å²) in [7, 11) is -3.48. The van der Waals surface area contributed by atoms with Gasteiger partial charge >= 0.3 is 18.2 Å². The van der Waals surface area contributed by atoms with Crippen LogP contribution < -0.4 is 10.0 Å². The Hall–Kier alpha value is -2.16. The van der Waals surface area contributed by atoms with E-state index in [4.69, 9.17) is 20.1 Å². The number of nitrogens with zero attached hydrogens (tertiary/aromatic N) is 2. The Bertz CT molecular complexity index is 1140. The molecule has 3 rings (SSSR count). The molecule has 0 aromatic heterocycles. The quantitative estimate of drug-likeness (QED) is 0.261. The maximum atomic E-state index is 11.8. The van der Waals surface area contributed by atoms with Gasteiger partial charge in [0.1, 0.15) is 11.2 Å². The molecule has 3 saturated heterocycles. The molecule has 3 fully saturated rings. The summed E-state index contributed by atoms with van der Waals surface area (Å²) in [5, 5.41) is 21.3. The standard InChI is InChI=1S/C11H19NO4.C11H21NO3.C7H16N2O2S.5CH4/c1-11(2,3)16-10(15)12-6-4-5-8(7-12)9(13)14;1-11(2,3)15-10(14)12-6-4-5-9(7-12)8-13;1-12(10,11)9-6-7-3-2-4-8-5-7;;;;;/h8H,4-7H2,1-3H3,(H,13,14);9,13H,4-8H2,1-3H3;7-9H,2-6H2,1H3;5*1H4/t8-;9-;7-;;;;;/m000...../s1/i;8D2;6D2;;;;;. The van der Waals surface area contributed by atoms with Crippen molar-refractivity contribution in [2.24, 2.45) is 17.8 Å².